The molecule has 0 aliphatic carbocycles. The van der Waals surface area contributed by atoms with Crippen LogP contribution < -0.4 is 4.90 Å². The lowest BCUT2D eigenvalue weighted by Gasteiger charge is -2.25. The molecule has 0 spiro atoms. The molecule has 1 fully saturated rings. The monoisotopic (exact) mass is 366 g/mol. The number of piperidine rings is 1. The molecule has 0 unspecified atom stereocenters. The average molecular weight is 367 g/mol. The van der Waals surface area contributed by atoms with Crippen molar-refractivity contribution in [3.63, 3.8) is 0 Å². The largest absolute Gasteiger partial charge is 0.506 e. The van der Waals surface area contributed by atoms with Crippen LogP contribution >= 0.6 is 27.3 Å². The summed E-state index contributed by atoms with van der Waals surface area (Å²) in [6, 6.07) is 3.92. The number of aromatic nitrogens is 1. The predicted octanol–water partition coefficient (Wildman–Crippen LogP) is 4.89. The molecule has 0 radical (unpaired) electrons. The first-order valence-electron chi connectivity index (χ1n) is 7.28. The van der Waals surface area contributed by atoms with Gasteiger partial charge >= 0.3 is 0 Å². The molecule has 3 nitrogen and oxygen atoms in total. The van der Waals surface area contributed by atoms with E-state index in [0.717, 1.165) is 44.4 Å². The van der Waals surface area contributed by atoms with Crippen LogP contribution in [0.5, 0.6) is 5.75 Å². The van der Waals surface area contributed by atoms with Crippen LogP contribution in [0.15, 0.2) is 16.6 Å². The van der Waals surface area contributed by atoms with Crippen LogP contribution in [0.25, 0.3) is 11.3 Å². The summed E-state index contributed by atoms with van der Waals surface area (Å²) in [5, 5.41) is 11.4. The SMILES string of the molecule is Cc1cc(Br)c(O)c(-c2nc(N3CCCCC3)sc2C)c1. The summed E-state index contributed by atoms with van der Waals surface area (Å²) in [6.07, 6.45) is 3.81. The van der Waals surface area contributed by atoms with Crippen LogP contribution in [0.3, 0.4) is 0 Å². The van der Waals surface area contributed by atoms with E-state index in [4.69, 9.17) is 4.98 Å². The van der Waals surface area contributed by atoms with Crippen molar-refractivity contribution in [2.75, 3.05) is 18.0 Å². The number of halogens is 1. The molecule has 1 aromatic carbocycles. The number of rotatable bonds is 2. The zero-order valence-corrected chi connectivity index (χ0v) is 14.7. The number of hydrogen-bond donors (Lipinski definition) is 1. The second-order valence-corrected chi connectivity index (χ2v) is 7.63. The molecule has 1 aliphatic heterocycles. The van der Waals surface area contributed by atoms with Crippen LogP contribution in [-0.4, -0.2) is 23.2 Å². The maximum atomic E-state index is 10.3. The van der Waals surface area contributed by atoms with Gasteiger partial charge in [0.25, 0.3) is 0 Å². The van der Waals surface area contributed by atoms with Crippen LogP contribution in [-0.2, 0) is 0 Å². The zero-order chi connectivity index (χ0) is 15.0. The third kappa shape index (κ3) is 2.94. The fraction of sp³-hybridized carbons (Fsp3) is 0.438. The molecule has 2 heterocycles. The highest BCUT2D eigenvalue weighted by atomic mass is 79.9. The summed E-state index contributed by atoms with van der Waals surface area (Å²) in [4.78, 5) is 8.33. The Kier molecular flexibility index (Phi) is 4.22. The van der Waals surface area contributed by atoms with Gasteiger partial charge in [0.05, 0.1) is 10.2 Å². The van der Waals surface area contributed by atoms with Crippen molar-refractivity contribution in [1.29, 1.82) is 0 Å². The molecule has 1 aromatic heterocycles. The highest BCUT2D eigenvalue weighted by Gasteiger charge is 2.20. The summed E-state index contributed by atoms with van der Waals surface area (Å²) in [5.41, 5.74) is 2.84. The molecular formula is C16H19BrN2OS. The quantitative estimate of drug-likeness (QED) is 0.821. The number of nitrogens with zero attached hydrogens (tertiary/aromatic N) is 2. The summed E-state index contributed by atoms with van der Waals surface area (Å²) in [7, 11) is 0. The smallest absolute Gasteiger partial charge is 0.186 e. The van der Waals surface area contributed by atoms with E-state index in [1.54, 1.807) is 11.3 Å². The molecule has 0 amide bonds. The molecule has 5 heteroatoms. The summed E-state index contributed by atoms with van der Waals surface area (Å²) in [5.74, 6) is 0.277. The molecule has 1 N–H and O–H groups in total. The number of hydrogen-bond acceptors (Lipinski definition) is 4. The number of aromatic hydroxyl groups is 1. The third-order valence-corrected chi connectivity index (χ3v) is 5.51. The van der Waals surface area contributed by atoms with Crippen molar-refractivity contribution in [3.05, 3.63) is 27.0 Å². The molecule has 2 aromatic rings. The van der Waals surface area contributed by atoms with Gasteiger partial charge in [-0.15, -0.1) is 11.3 Å². The van der Waals surface area contributed by atoms with E-state index in [0.29, 0.717) is 0 Å². The van der Waals surface area contributed by atoms with Crippen molar-refractivity contribution in [2.24, 2.45) is 0 Å². The van der Waals surface area contributed by atoms with Gasteiger partial charge in [-0.25, -0.2) is 4.98 Å². The van der Waals surface area contributed by atoms with Gasteiger partial charge in [-0.1, -0.05) is 0 Å². The van der Waals surface area contributed by atoms with Crippen molar-refractivity contribution in [3.8, 4) is 17.0 Å². The van der Waals surface area contributed by atoms with Crippen molar-refractivity contribution >= 4 is 32.4 Å². The highest BCUT2D eigenvalue weighted by Crippen LogP contribution is 2.41. The average Bonchev–Trinajstić information content (AvgIpc) is 2.86. The summed E-state index contributed by atoms with van der Waals surface area (Å²) >= 11 is 5.14. The first kappa shape index (κ1) is 14.9. The van der Waals surface area contributed by atoms with E-state index in [1.165, 1.54) is 19.3 Å². The molecule has 1 saturated heterocycles. The number of phenols is 1. The number of benzene rings is 1. The Labute approximate surface area is 137 Å². The number of anilines is 1. The van der Waals surface area contributed by atoms with E-state index in [1.807, 2.05) is 19.1 Å². The van der Waals surface area contributed by atoms with Gasteiger partial charge in [0, 0.05) is 23.5 Å². The Hall–Kier alpha value is -1.07. The van der Waals surface area contributed by atoms with Gasteiger partial charge in [-0.05, 0) is 66.7 Å². The Morgan fingerprint density at radius 3 is 2.62 bits per heavy atom. The standard InChI is InChI=1S/C16H19BrN2OS/c1-10-8-12(15(20)13(17)9-10)14-11(2)21-16(18-14)19-6-4-3-5-7-19/h8-9,20H,3-7H2,1-2H3. The molecule has 21 heavy (non-hydrogen) atoms. The van der Waals surface area contributed by atoms with E-state index in [-0.39, 0.29) is 5.75 Å². The second-order valence-electron chi connectivity index (χ2n) is 5.59. The Morgan fingerprint density at radius 1 is 1.19 bits per heavy atom. The molecule has 3 rings (SSSR count). The number of phenolic OH excluding ortho intramolecular Hbond substituents is 1. The van der Waals surface area contributed by atoms with Gasteiger partial charge in [-0.3, -0.25) is 0 Å². The highest BCUT2D eigenvalue weighted by molar-refractivity contribution is 9.10. The van der Waals surface area contributed by atoms with Crippen molar-refractivity contribution in [2.45, 2.75) is 33.1 Å². The van der Waals surface area contributed by atoms with Gasteiger partial charge in [0.2, 0.25) is 0 Å². The minimum atomic E-state index is 0.277. The van der Waals surface area contributed by atoms with E-state index in [2.05, 4.69) is 27.8 Å². The number of aryl methyl sites for hydroxylation is 2. The van der Waals surface area contributed by atoms with E-state index < -0.39 is 0 Å². The van der Waals surface area contributed by atoms with Crippen molar-refractivity contribution in [1.82, 2.24) is 4.98 Å². The van der Waals surface area contributed by atoms with Gasteiger partial charge < -0.3 is 10.0 Å². The zero-order valence-electron chi connectivity index (χ0n) is 12.3. The Balaban J connectivity index is 2.01. The lowest BCUT2D eigenvalue weighted by molar-refractivity contribution is 0.473. The van der Waals surface area contributed by atoms with Gasteiger partial charge in [0.1, 0.15) is 5.75 Å². The minimum Gasteiger partial charge on any atom is -0.506 e. The van der Waals surface area contributed by atoms with E-state index in [9.17, 15) is 5.11 Å². The Morgan fingerprint density at radius 2 is 1.90 bits per heavy atom. The summed E-state index contributed by atoms with van der Waals surface area (Å²) < 4.78 is 0.726. The Bertz CT molecular complexity index is 663. The predicted molar refractivity (Wildman–Crippen MR) is 92.5 cm³/mol. The first-order chi connectivity index (χ1) is 10.1. The molecule has 0 atom stereocenters. The van der Waals surface area contributed by atoms with Crippen molar-refractivity contribution < 1.29 is 5.11 Å². The molecular weight excluding hydrogens is 348 g/mol. The second kappa shape index (κ2) is 5.97. The first-order valence-corrected chi connectivity index (χ1v) is 8.89. The normalized spacial score (nSPS) is 15.5. The van der Waals surface area contributed by atoms with Gasteiger partial charge in [0.15, 0.2) is 5.13 Å². The molecule has 0 bridgehead atoms. The fourth-order valence-corrected chi connectivity index (χ4v) is 4.32. The lowest BCUT2D eigenvalue weighted by Crippen LogP contribution is -2.29. The maximum absolute atomic E-state index is 10.3. The van der Waals surface area contributed by atoms with Gasteiger partial charge in [-0.2, -0.15) is 0 Å². The van der Waals surface area contributed by atoms with Crippen LogP contribution in [0.2, 0.25) is 0 Å². The third-order valence-electron chi connectivity index (χ3n) is 3.87. The number of thiazole rings is 1. The minimum absolute atomic E-state index is 0.277. The van der Waals surface area contributed by atoms with E-state index >= 15 is 0 Å². The van der Waals surface area contributed by atoms with Crippen LogP contribution in [0.4, 0.5) is 5.13 Å². The fourth-order valence-electron chi connectivity index (χ4n) is 2.77. The van der Waals surface area contributed by atoms with Crippen LogP contribution in [0.1, 0.15) is 29.7 Å². The molecule has 0 saturated carbocycles. The summed E-state index contributed by atoms with van der Waals surface area (Å²) in [6.45, 7) is 6.29. The lowest BCUT2D eigenvalue weighted by atomic mass is 10.1. The molecule has 112 valence electrons. The maximum Gasteiger partial charge on any atom is 0.186 e. The molecule has 1 aliphatic rings. The van der Waals surface area contributed by atoms with Crippen LogP contribution in [0, 0.1) is 13.8 Å². The topological polar surface area (TPSA) is 36.4 Å².